The topological polar surface area (TPSA) is 54.9 Å². The average Bonchev–Trinajstić information content (AvgIpc) is 2.74. The van der Waals surface area contributed by atoms with Gasteiger partial charge in [0.25, 0.3) is 5.91 Å². The Hall–Kier alpha value is -3.22. The molecule has 2 aromatic heterocycles. The van der Waals surface area contributed by atoms with Crippen LogP contribution in [0.1, 0.15) is 55.1 Å². The molecular weight excluding hydrogens is 415 g/mol. The normalized spacial score (nSPS) is 20.7. The quantitative estimate of drug-likeness (QED) is 0.515. The van der Waals surface area contributed by atoms with Crippen LogP contribution in [0.25, 0.3) is 11.3 Å². The van der Waals surface area contributed by atoms with E-state index >= 15 is 0 Å². The standard InChI is InChI=1S/C25H24F3N3O/c1-14-10-15(2)12-16(11-14)17-8-9-29-13-22(17)31-25(32)21-7-6-20(28)24(30-21)23-18(26)4-3-5-19(23)27/h3-9,13-16H,10-12H2,1-2H3,(H,31,32)/t14-,15+,16?. The predicted octanol–water partition coefficient (Wildman–Crippen LogP) is 6.35. The van der Waals surface area contributed by atoms with Crippen molar-refractivity contribution in [2.45, 2.75) is 39.0 Å². The van der Waals surface area contributed by atoms with Crippen LogP contribution in [0.5, 0.6) is 0 Å². The van der Waals surface area contributed by atoms with Gasteiger partial charge < -0.3 is 5.32 Å². The SMILES string of the molecule is C[C@@H]1CC(c2ccncc2NC(=O)c2ccc(F)c(-c3c(F)cccc3F)n2)C[C@H](C)C1. The number of anilines is 1. The first-order valence-corrected chi connectivity index (χ1v) is 10.7. The van der Waals surface area contributed by atoms with Crippen LogP contribution in [0.2, 0.25) is 0 Å². The first-order chi connectivity index (χ1) is 15.3. The molecule has 1 saturated carbocycles. The van der Waals surface area contributed by atoms with Gasteiger partial charge in [-0.1, -0.05) is 19.9 Å². The fourth-order valence-corrected chi connectivity index (χ4v) is 4.72. The summed E-state index contributed by atoms with van der Waals surface area (Å²) in [6.45, 7) is 4.46. The van der Waals surface area contributed by atoms with E-state index in [0.29, 0.717) is 17.5 Å². The van der Waals surface area contributed by atoms with Gasteiger partial charge in [-0.2, -0.15) is 0 Å². The molecule has 0 bridgehead atoms. The highest BCUT2D eigenvalue weighted by molar-refractivity contribution is 6.03. The molecule has 2 heterocycles. The molecule has 1 amide bonds. The molecule has 166 valence electrons. The fraction of sp³-hybridized carbons (Fsp3) is 0.320. The van der Waals surface area contributed by atoms with Gasteiger partial charge in [0, 0.05) is 6.20 Å². The summed E-state index contributed by atoms with van der Waals surface area (Å²) in [5, 5.41) is 2.81. The van der Waals surface area contributed by atoms with Crippen LogP contribution < -0.4 is 5.32 Å². The lowest BCUT2D eigenvalue weighted by atomic mass is 9.74. The summed E-state index contributed by atoms with van der Waals surface area (Å²) in [5.74, 6) is -1.98. The summed E-state index contributed by atoms with van der Waals surface area (Å²) in [7, 11) is 0. The van der Waals surface area contributed by atoms with Crippen molar-refractivity contribution >= 4 is 11.6 Å². The van der Waals surface area contributed by atoms with E-state index < -0.39 is 34.6 Å². The lowest BCUT2D eigenvalue weighted by Crippen LogP contribution is -2.21. The maximum absolute atomic E-state index is 14.3. The van der Waals surface area contributed by atoms with E-state index in [4.69, 9.17) is 0 Å². The van der Waals surface area contributed by atoms with E-state index in [-0.39, 0.29) is 11.6 Å². The third-order valence-corrected chi connectivity index (χ3v) is 6.00. The number of carbonyl (C=O) groups excluding carboxylic acids is 1. The summed E-state index contributed by atoms with van der Waals surface area (Å²) in [5.41, 5.74) is 0.258. The van der Waals surface area contributed by atoms with Gasteiger partial charge in [0.1, 0.15) is 28.8 Å². The number of nitrogens with one attached hydrogen (secondary N) is 1. The number of nitrogens with zero attached hydrogens (tertiary/aromatic N) is 2. The van der Waals surface area contributed by atoms with Gasteiger partial charge >= 0.3 is 0 Å². The molecule has 32 heavy (non-hydrogen) atoms. The highest BCUT2D eigenvalue weighted by Crippen LogP contribution is 2.41. The zero-order valence-corrected chi connectivity index (χ0v) is 17.9. The Kier molecular flexibility index (Phi) is 6.26. The number of hydrogen-bond donors (Lipinski definition) is 1. The summed E-state index contributed by atoms with van der Waals surface area (Å²) in [6, 6.07) is 7.29. The number of aromatic nitrogens is 2. The van der Waals surface area contributed by atoms with Crippen molar-refractivity contribution in [3.05, 3.63) is 77.5 Å². The molecule has 0 spiro atoms. The number of benzene rings is 1. The highest BCUT2D eigenvalue weighted by Gasteiger charge is 2.27. The van der Waals surface area contributed by atoms with Gasteiger partial charge in [-0.25, -0.2) is 18.2 Å². The molecule has 1 fully saturated rings. The molecule has 7 heteroatoms. The van der Waals surface area contributed by atoms with Crippen molar-refractivity contribution in [3.8, 4) is 11.3 Å². The van der Waals surface area contributed by atoms with E-state index in [1.54, 1.807) is 12.4 Å². The second-order valence-electron chi connectivity index (χ2n) is 8.66. The third kappa shape index (κ3) is 4.52. The molecule has 0 aliphatic heterocycles. The zero-order chi connectivity index (χ0) is 22.8. The van der Waals surface area contributed by atoms with Crippen molar-refractivity contribution in [3.63, 3.8) is 0 Å². The molecule has 1 aliphatic carbocycles. The highest BCUT2D eigenvalue weighted by atomic mass is 19.1. The van der Waals surface area contributed by atoms with Crippen LogP contribution >= 0.6 is 0 Å². The Bertz CT molecular complexity index is 1120. The molecule has 4 rings (SSSR count). The van der Waals surface area contributed by atoms with Crippen molar-refractivity contribution in [1.29, 1.82) is 0 Å². The number of pyridine rings is 2. The Morgan fingerprint density at radius 3 is 2.31 bits per heavy atom. The van der Waals surface area contributed by atoms with Crippen molar-refractivity contribution in [1.82, 2.24) is 9.97 Å². The Labute approximate surface area is 184 Å². The summed E-state index contributed by atoms with van der Waals surface area (Å²) in [6.07, 6.45) is 6.49. The van der Waals surface area contributed by atoms with Crippen LogP contribution in [0.4, 0.5) is 18.9 Å². The Balaban J connectivity index is 1.64. The molecule has 3 aromatic rings. The average molecular weight is 439 g/mol. The minimum Gasteiger partial charge on any atom is -0.319 e. The molecule has 0 radical (unpaired) electrons. The van der Waals surface area contributed by atoms with E-state index in [1.807, 2.05) is 6.07 Å². The van der Waals surface area contributed by atoms with Gasteiger partial charge in [0.05, 0.1) is 17.4 Å². The van der Waals surface area contributed by atoms with Gasteiger partial charge in [-0.15, -0.1) is 0 Å². The lowest BCUT2D eigenvalue weighted by Gasteiger charge is -2.32. The summed E-state index contributed by atoms with van der Waals surface area (Å²) < 4.78 is 42.7. The van der Waals surface area contributed by atoms with E-state index in [0.717, 1.165) is 36.6 Å². The Morgan fingerprint density at radius 2 is 1.62 bits per heavy atom. The maximum atomic E-state index is 14.3. The van der Waals surface area contributed by atoms with E-state index in [1.165, 1.54) is 18.6 Å². The van der Waals surface area contributed by atoms with Gasteiger partial charge in [-0.3, -0.25) is 9.78 Å². The predicted molar refractivity (Wildman–Crippen MR) is 117 cm³/mol. The minimum absolute atomic E-state index is 0.149. The summed E-state index contributed by atoms with van der Waals surface area (Å²) >= 11 is 0. The van der Waals surface area contributed by atoms with Crippen LogP contribution in [-0.2, 0) is 0 Å². The number of halogens is 3. The second kappa shape index (κ2) is 9.10. The maximum Gasteiger partial charge on any atom is 0.274 e. The van der Waals surface area contributed by atoms with Crippen LogP contribution in [0.3, 0.4) is 0 Å². The molecule has 4 nitrogen and oxygen atoms in total. The largest absolute Gasteiger partial charge is 0.319 e. The molecule has 1 aromatic carbocycles. The number of carbonyl (C=O) groups is 1. The monoisotopic (exact) mass is 439 g/mol. The van der Waals surface area contributed by atoms with Crippen molar-refractivity contribution in [2.75, 3.05) is 5.32 Å². The van der Waals surface area contributed by atoms with Crippen molar-refractivity contribution < 1.29 is 18.0 Å². The smallest absolute Gasteiger partial charge is 0.274 e. The molecule has 0 saturated heterocycles. The molecule has 1 N–H and O–H groups in total. The van der Waals surface area contributed by atoms with E-state index in [2.05, 4.69) is 29.1 Å². The van der Waals surface area contributed by atoms with Crippen LogP contribution in [0.15, 0.2) is 48.8 Å². The first kappa shape index (κ1) is 22.0. The van der Waals surface area contributed by atoms with E-state index in [9.17, 15) is 18.0 Å². The fourth-order valence-electron chi connectivity index (χ4n) is 4.72. The molecule has 3 atom stereocenters. The second-order valence-corrected chi connectivity index (χ2v) is 8.66. The molecule has 1 aliphatic rings. The molecular formula is C25H24F3N3O. The Morgan fingerprint density at radius 1 is 0.938 bits per heavy atom. The van der Waals surface area contributed by atoms with Crippen LogP contribution in [0, 0.1) is 29.3 Å². The number of amides is 1. The lowest BCUT2D eigenvalue weighted by molar-refractivity contribution is 0.102. The molecule has 1 unspecified atom stereocenters. The van der Waals surface area contributed by atoms with Gasteiger partial charge in [-0.05, 0) is 72.9 Å². The number of hydrogen-bond acceptors (Lipinski definition) is 3. The minimum atomic E-state index is -0.955. The van der Waals surface area contributed by atoms with Crippen LogP contribution in [-0.4, -0.2) is 15.9 Å². The van der Waals surface area contributed by atoms with Gasteiger partial charge in [0.2, 0.25) is 0 Å². The third-order valence-electron chi connectivity index (χ3n) is 6.00. The van der Waals surface area contributed by atoms with Crippen molar-refractivity contribution in [2.24, 2.45) is 11.8 Å². The summed E-state index contributed by atoms with van der Waals surface area (Å²) in [4.78, 5) is 21.0. The van der Waals surface area contributed by atoms with Gasteiger partial charge in [0.15, 0.2) is 0 Å². The number of rotatable bonds is 4. The first-order valence-electron chi connectivity index (χ1n) is 10.7. The zero-order valence-electron chi connectivity index (χ0n) is 17.9.